The van der Waals surface area contributed by atoms with E-state index < -0.39 is 11.9 Å². The first-order chi connectivity index (χ1) is 21.3. The number of carbonyl (C=O) groups excluding carboxylic acids is 2. The summed E-state index contributed by atoms with van der Waals surface area (Å²) in [5.41, 5.74) is 8.21. The van der Waals surface area contributed by atoms with Crippen molar-refractivity contribution in [3.8, 4) is 33.8 Å². The molecule has 0 aromatic heterocycles. The second-order valence-corrected chi connectivity index (χ2v) is 10.1. The molecule has 5 aromatic carbocycles. The summed E-state index contributed by atoms with van der Waals surface area (Å²) in [6, 6.07) is 39.9. The van der Waals surface area contributed by atoms with Gasteiger partial charge < -0.3 is 19.3 Å². The molecule has 0 amide bonds. The Balaban J connectivity index is 1.45. The van der Waals surface area contributed by atoms with Crippen LogP contribution in [0.2, 0.25) is 0 Å². The van der Waals surface area contributed by atoms with Gasteiger partial charge in [0.1, 0.15) is 11.5 Å². The Morgan fingerprint density at radius 2 is 0.886 bits per heavy atom. The van der Waals surface area contributed by atoms with Gasteiger partial charge in [-0.1, -0.05) is 67.8 Å². The van der Waals surface area contributed by atoms with E-state index in [1.165, 1.54) is 0 Å². The third kappa shape index (κ3) is 6.94. The summed E-state index contributed by atoms with van der Waals surface area (Å²) in [4.78, 5) is 27.3. The summed E-state index contributed by atoms with van der Waals surface area (Å²) < 4.78 is 10.4. The predicted octanol–water partition coefficient (Wildman–Crippen LogP) is 8.74. The molecule has 0 saturated carbocycles. The topological polar surface area (TPSA) is 59.1 Å². The lowest BCUT2D eigenvalue weighted by molar-refractivity contribution is -0.129. The van der Waals surface area contributed by atoms with Crippen molar-refractivity contribution in [2.75, 3.05) is 23.9 Å². The Hall–Kier alpha value is -5.88. The van der Waals surface area contributed by atoms with E-state index in [0.717, 1.165) is 57.2 Å². The maximum absolute atomic E-state index is 11.5. The van der Waals surface area contributed by atoms with Crippen LogP contribution in [0.3, 0.4) is 0 Å². The van der Waals surface area contributed by atoms with Gasteiger partial charge in [0.05, 0.1) is 0 Å². The van der Waals surface area contributed by atoms with Crippen molar-refractivity contribution in [2.24, 2.45) is 0 Å². The molecule has 5 aromatic rings. The number of benzene rings is 5. The summed E-state index contributed by atoms with van der Waals surface area (Å²) >= 11 is 0. The van der Waals surface area contributed by atoms with E-state index >= 15 is 0 Å². The lowest BCUT2D eigenvalue weighted by Crippen LogP contribution is -2.12. The Labute approximate surface area is 257 Å². The lowest BCUT2D eigenvalue weighted by Gasteiger charge is -2.27. The van der Waals surface area contributed by atoms with Crippen molar-refractivity contribution in [1.82, 2.24) is 0 Å². The van der Waals surface area contributed by atoms with Gasteiger partial charge in [-0.25, -0.2) is 9.59 Å². The van der Waals surface area contributed by atoms with Crippen LogP contribution in [-0.4, -0.2) is 26.0 Å². The van der Waals surface area contributed by atoms with Gasteiger partial charge in [-0.15, -0.1) is 0 Å². The number of ether oxygens (including phenoxy) is 2. The van der Waals surface area contributed by atoms with E-state index in [2.05, 4.69) is 95.8 Å². The summed E-state index contributed by atoms with van der Waals surface area (Å²) in [6.07, 6.45) is 2.28. The SMILES string of the molecule is C=CC(=O)Oc1ccc(-c2ccc(N(c3ccc(-c4ccc(OC(=O)C=C)cc4)cc3)c3cccc(N(C)C)c3)cc2)cc1. The summed E-state index contributed by atoms with van der Waals surface area (Å²) in [7, 11) is 4.06. The minimum Gasteiger partial charge on any atom is -0.423 e. The molecule has 0 aliphatic heterocycles. The number of hydrogen-bond donors (Lipinski definition) is 0. The third-order valence-corrected chi connectivity index (χ3v) is 7.00. The number of rotatable bonds is 10. The molecule has 0 spiro atoms. The summed E-state index contributed by atoms with van der Waals surface area (Å²) in [6.45, 7) is 6.87. The number of anilines is 4. The van der Waals surface area contributed by atoms with Crippen LogP contribution >= 0.6 is 0 Å². The monoisotopic (exact) mass is 580 g/mol. The van der Waals surface area contributed by atoms with E-state index in [-0.39, 0.29) is 0 Å². The van der Waals surface area contributed by atoms with Crippen LogP contribution in [0.4, 0.5) is 22.7 Å². The third-order valence-electron chi connectivity index (χ3n) is 7.00. The van der Waals surface area contributed by atoms with Crippen LogP contribution < -0.4 is 19.3 Å². The van der Waals surface area contributed by atoms with Crippen molar-refractivity contribution >= 4 is 34.7 Å². The maximum Gasteiger partial charge on any atom is 0.335 e. The summed E-state index contributed by atoms with van der Waals surface area (Å²) in [5, 5.41) is 0. The molecule has 0 heterocycles. The zero-order valence-corrected chi connectivity index (χ0v) is 24.6. The zero-order chi connectivity index (χ0) is 31.1. The molecule has 0 unspecified atom stereocenters. The molecule has 5 rings (SSSR count). The number of hydrogen-bond acceptors (Lipinski definition) is 6. The molecule has 6 nitrogen and oxygen atoms in total. The predicted molar refractivity (Wildman–Crippen MR) is 178 cm³/mol. The average Bonchev–Trinajstić information content (AvgIpc) is 3.06. The summed E-state index contributed by atoms with van der Waals surface area (Å²) in [5.74, 6) is -0.0356. The number of nitrogens with zero attached hydrogens (tertiary/aromatic N) is 2. The van der Waals surface area contributed by atoms with Gasteiger partial charge in [-0.2, -0.15) is 0 Å². The first-order valence-corrected chi connectivity index (χ1v) is 14.0. The minimum atomic E-state index is -0.488. The molecule has 44 heavy (non-hydrogen) atoms. The van der Waals surface area contributed by atoms with E-state index in [9.17, 15) is 9.59 Å². The van der Waals surface area contributed by atoms with Crippen LogP contribution in [0.1, 0.15) is 0 Å². The molecule has 0 atom stereocenters. The molecule has 0 aliphatic rings. The fraction of sp³-hybridized carbons (Fsp3) is 0.0526. The van der Waals surface area contributed by atoms with Gasteiger partial charge in [0.15, 0.2) is 0 Å². The van der Waals surface area contributed by atoms with Crippen molar-refractivity contribution in [1.29, 1.82) is 0 Å². The Kier molecular flexibility index (Phi) is 9.02. The molecule has 0 bridgehead atoms. The fourth-order valence-electron chi connectivity index (χ4n) is 4.71. The van der Waals surface area contributed by atoms with E-state index in [0.29, 0.717) is 11.5 Å². The van der Waals surface area contributed by atoms with Crippen molar-refractivity contribution in [3.05, 3.63) is 147 Å². The van der Waals surface area contributed by atoms with Crippen LogP contribution in [-0.2, 0) is 9.59 Å². The molecule has 0 saturated heterocycles. The first-order valence-electron chi connectivity index (χ1n) is 14.0. The van der Waals surface area contributed by atoms with E-state index in [1.54, 1.807) is 24.3 Å². The van der Waals surface area contributed by atoms with E-state index in [4.69, 9.17) is 9.47 Å². The van der Waals surface area contributed by atoms with Gasteiger partial charge >= 0.3 is 11.9 Å². The molecule has 6 heteroatoms. The number of esters is 2. The normalized spacial score (nSPS) is 10.4. The Morgan fingerprint density at radius 3 is 1.25 bits per heavy atom. The van der Waals surface area contributed by atoms with Crippen LogP contribution in [0.15, 0.2) is 147 Å². The van der Waals surface area contributed by atoms with Crippen molar-refractivity contribution < 1.29 is 19.1 Å². The highest BCUT2D eigenvalue weighted by atomic mass is 16.5. The highest BCUT2D eigenvalue weighted by molar-refractivity contribution is 5.84. The lowest BCUT2D eigenvalue weighted by atomic mass is 10.0. The molecule has 0 aliphatic carbocycles. The molecule has 0 fully saturated rings. The molecular formula is C38H32N2O4. The van der Waals surface area contributed by atoms with Gasteiger partial charge in [-0.05, 0) is 89.0 Å². The fourth-order valence-corrected chi connectivity index (χ4v) is 4.71. The maximum atomic E-state index is 11.5. The van der Waals surface area contributed by atoms with Gasteiger partial charge in [-0.3, -0.25) is 0 Å². The van der Waals surface area contributed by atoms with Crippen LogP contribution in [0.5, 0.6) is 11.5 Å². The van der Waals surface area contributed by atoms with Crippen molar-refractivity contribution in [2.45, 2.75) is 0 Å². The molecular weight excluding hydrogens is 548 g/mol. The minimum absolute atomic E-state index is 0.470. The smallest absolute Gasteiger partial charge is 0.335 e. The van der Waals surface area contributed by atoms with E-state index in [1.807, 2.05) is 38.4 Å². The number of carbonyl (C=O) groups is 2. The Morgan fingerprint density at radius 1 is 0.523 bits per heavy atom. The molecule has 0 N–H and O–H groups in total. The standard InChI is InChI=1S/C38H32N2O4/c1-5-37(41)43-35-22-14-29(15-23-35)27-10-18-31(19-11-27)40(34-9-7-8-33(26-34)39(3)4)32-20-12-28(13-21-32)30-16-24-36(25-17-30)44-38(42)6-2/h5-26H,1-2H2,3-4H3. The zero-order valence-electron chi connectivity index (χ0n) is 24.6. The van der Waals surface area contributed by atoms with Crippen molar-refractivity contribution in [3.63, 3.8) is 0 Å². The van der Waals surface area contributed by atoms with Gasteiger partial charge in [0.25, 0.3) is 0 Å². The second-order valence-electron chi connectivity index (χ2n) is 10.1. The first kappa shape index (κ1) is 29.6. The largest absolute Gasteiger partial charge is 0.423 e. The molecule has 218 valence electrons. The highest BCUT2D eigenvalue weighted by Gasteiger charge is 2.14. The Bertz CT molecular complexity index is 1660. The van der Waals surface area contributed by atoms with Crippen LogP contribution in [0, 0.1) is 0 Å². The molecule has 0 radical (unpaired) electrons. The average molecular weight is 581 g/mol. The quantitative estimate of drug-likeness (QED) is 0.0935. The van der Waals surface area contributed by atoms with Crippen LogP contribution in [0.25, 0.3) is 22.3 Å². The second kappa shape index (κ2) is 13.4. The van der Waals surface area contributed by atoms with Gasteiger partial charge in [0.2, 0.25) is 0 Å². The van der Waals surface area contributed by atoms with Gasteiger partial charge in [0, 0.05) is 49.0 Å². The highest BCUT2D eigenvalue weighted by Crippen LogP contribution is 2.38.